The molecule has 0 saturated carbocycles. The topological polar surface area (TPSA) is 24.9 Å². The molecule has 1 heterocycles. The lowest BCUT2D eigenvalue weighted by molar-refractivity contribution is 0.613. The monoisotopic (exact) mass is 240 g/mol. The van der Waals surface area contributed by atoms with Gasteiger partial charge in [-0.1, -0.05) is 28.6 Å². The third-order valence-corrected chi connectivity index (χ3v) is 2.06. The molecule has 2 nitrogen and oxygen atoms in total. The van der Waals surface area contributed by atoms with E-state index in [4.69, 9.17) is 0 Å². The van der Waals surface area contributed by atoms with E-state index in [0.29, 0.717) is 6.04 Å². The van der Waals surface area contributed by atoms with E-state index >= 15 is 0 Å². The minimum Gasteiger partial charge on any atom is -0.306 e. The summed E-state index contributed by atoms with van der Waals surface area (Å²) in [5, 5.41) is 3.31. The molecule has 3 heteroatoms. The fourth-order valence-corrected chi connectivity index (χ4v) is 1.18. The SMILES string of the molecule is C=C(Br)CN[C@@H](C)c1cccnc1. The predicted molar refractivity (Wildman–Crippen MR) is 58.7 cm³/mol. The van der Waals surface area contributed by atoms with E-state index in [-0.39, 0.29) is 0 Å². The summed E-state index contributed by atoms with van der Waals surface area (Å²) in [6.07, 6.45) is 3.65. The Morgan fingerprint density at radius 2 is 2.54 bits per heavy atom. The van der Waals surface area contributed by atoms with Crippen molar-refractivity contribution in [3.05, 3.63) is 41.2 Å². The van der Waals surface area contributed by atoms with Gasteiger partial charge >= 0.3 is 0 Å². The Hall–Kier alpha value is -0.670. The van der Waals surface area contributed by atoms with Crippen molar-refractivity contribution in [2.24, 2.45) is 0 Å². The van der Waals surface area contributed by atoms with Crippen LogP contribution in [0.1, 0.15) is 18.5 Å². The minimum atomic E-state index is 0.308. The predicted octanol–water partition coefficient (Wildman–Crippen LogP) is 2.64. The Kier molecular flexibility index (Phi) is 4.12. The molecule has 0 unspecified atom stereocenters. The van der Waals surface area contributed by atoms with Gasteiger partial charge in [-0.15, -0.1) is 0 Å². The first kappa shape index (κ1) is 10.4. The molecule has 0 aliphatic heterocycles. The Bertz CT molecular complexity index is 272. The van der Waals surface area contributed by atoms with Crippen LogP contribution in [0.2, 0.25) is 0 Å². The maximum absolute atomic E-state index is 4.06. The van der Waals surface area contributed by atoms with Crippen LogP contribution in [-0.4, -0.2) is 11.5 Å². The molecule has 1 N–H and O–H groups in total. The van der Waals surface area contributed by atoms with E-state index in [1.807, 2.05) is 12.3 Å². The van der Waals surface area contributed by atoms with Crippen molar-refractivity contribution in [3.63, 3.8) is 0 Å². The Morgan fingerprint density at radius 3 is 3.08 bits per heavy atom. The fraction of sp³-hybridized carbons (Fsp3) is 0.300. The highest BCUT2D eigenvalue weighted by molar-refractivity contribution is 9.11. The van der Waals surface area contributed by atoms with Gasteiger partial charge in [-0.25, -0.2) is 0 Å². The first-order valence-electron chi connectivity index (χ1n) is 4.16. The van der Waals surface area contributed by atoms with Crippen LogP contribution in [0.25, 0.3) is 0 Å². The quantitative estimate of drug-likeness (QED) is 0.876. The van der Waals surface area contributed by atoms with Gasteiger partial charge < -0.3 is 5.32 Å². The van der Waals surface area contributed by atoms with E-state index in [9.17, 15) is 0 Å². The largest absolute Gasteiger partial charge is 0.306 e. The number of aromatic nitrogens is 1. The number of rotatable bonds is 4. The fourth-order valence-electron chi connectivity index (χ4n) is 1.01. The van der Waals surface area contributed by atoms with Gasteiger partial charge in [0.15, 0.2) is 0 Å². The van der Waals surface area contributed by atoms with Gasteiger partial charge in [0.05, 0.1) is 0 Å². The second-order valence-electron chi connectivity index (χ2n) is 2.91. The van der Waals surface area contributed by atoms with Crippen molar-refractivity contribution in [1.29, 1.82) is 0 Å². The highest BCUT2D eigenvalue weighted by Gasteiger charge is 2.03. The first-order valence-corrected chi connectivity index (χ1v) is 4.96. The number of hydrogen-bond donors (Lipinski definition) is 1. The molecule has 1 aromatic heterocycles. The van der Waals surface area contributed by atoms with E-state index in [1.165, 1.54) is 5.56 Å². The van der Waals surface area contributed by atoms with Gasteiger partial charge in [-0.3, -0.25) is 4.98 Å². The Morgan fingerprint density at radius 1 is 1.77 bits per heavy atom. The molecule has 0 aromatic carbocycles. The summed E-state index contributed by atoms with van der Waals surface area (Å²) in [5.41, 5.74) is 1.19. The van der Waals surface area contributed by atoms with Gasteiger partial charge in [0.1, 0.15) is 0 Å². The highest BCUT2D eigenvalue weighted by atomic mass is 79.9. The number of nitrogens with one attached hydrogen (secondary N) is 1. The second-order valence-corrected chi connectivity index (χ2v) is 4.03. The van der Waals surface area contributed by atoms with Crippen molar-refractivity contribution < 1.29 is 0 Å². The van der Waals surface area contributed by atoms with Crippen molar-refractivity contribution in [2.75, 3.05) is 6.54 Å². The maximum atomic E-state index is 4.06. The molecule has 70 valence electrons. The van der Waals surface area contributed by atoms with Gasteiger partial charge in [0, 0.05) is 29.5 Å². The molecule has 0 aliphatic rings. The van der Waals surface area contributed by atoms with Crippen LogP contribution in [0, 0.1) is 0 Å². The van der Waals surface area contributed by atoms with Gasteiger partial charge in [0.2, 0.25) is 0 Å². The van der Waals surface area contributed by atoms with E-state index in [1.54, 1.807) is 6.20 Å². The van der Waals surface area contributed by atoms with E-state index in [0.717, 1.165) is 11.0 Å². The third kappa shape index (κ3) is 3.70. The van der Waals surface area contributed by atoms with E-state index in [2.05, 4.69) is 45.8 Å². The number of halogens is 1. The van der Waals surface area contributed by atoms with Crippen molar-refractivity contribution >= 4 is 15.9 Å². The Balaban J connectivity index is 2.49. The second kappa shape index (κ2) is 5.14. The van der Waals surface area contributed by atoms with Gasteiger partial charge in [-0.2, -0.15) is 0 Å². The molecule has 0 amide bonds. The zero-order chi connectivity index (χ0) is 9.68. The molecule has 0 bridgehead atoms. The number of nitrogens with zero attached hydrogens (tertiary/aromatic N) is 1. The molecular weight excluding hydrogens is 228 g/mol. The van der Waals surface area contributed by atoms with Crippen LogP contribution in [0.3, 0.4) is 0 Å². The summed E-state index contributed by atoms with van der Waals surface area (Å²) in [6.45, 7) is 6.64. The summed E-state index contributed by atoms with van der Waals surface area (Å²) >= 11 is 3.30. The molecule has 13 heavy (non-hydrogen) atoms. The molecule has 0 saturated heterocycles. The average molecular weight is 241 g/mol. The summed E-state index contributed by atoms with van der Waals surface area (Å²) < 4.78 is 0.961. The van der Waals surface area contributed by atoms with E-state index < -0.39 is 0 Å². The van der Waals surface area contributed by atoms with Gasteiger partial charge in [0.25, 0.3) is 0 Å². The standard InChI is InChI=1S/C10H13BrN2/c1-8(11)6-13-9(2)10-4-3-5-12-7-10/h3-5,7,9,13H,1,6H2,2H3/t9-/m0/s1. The highest BCUT2D eigenvalue weighted by Crippen LogP contribution is 2.10. The smallest absolute Gasteiger partial charge is 0.0315 e. The molecular formula is C10H13BrN2. The summed E-state index contributed by atoms with van der Waals surface area (Å²) in [7, 11) is 0. The molecule has 1 rings (SSSR count). The molecule has 0 fully saturated rings. The summed E-state index contributed by atoms with van der Waals surface area (Å²) in [4.78, 5) is 4.06. The first-order chi connectivity index (χ1) is 6.20. The van der Waals surface area contributed by atoms with Crippen LogP contribution in [0.4, 0.5) is 0 Å². The van der Waals surface area contributed by atoms with Gasteiger partial charge in [-0.05, 0) is 18.6 Å². The van der Waals surface area contributed by atoms with Crippen molar-refractivity contribution in [3.8, 4) is 0 Å². The van der Waals surface area contributed by atoms with Crippen LogP contribution in [-0.2, 0) is 0 Å². The average Bonchev–Trinajstić information content (AvgIpc) is 2.15. The molecule has 1 atom stereocenters. The summed E-state index contributed by atoms with van der Waals surface area (Å²) in [5.74, 6) is 0. The zero-order valence-corrected chi connectivity index (χ0v) is 9.21. The van der Waals surface area contributed by atoms with Crippen LogP contribution < -0.4 is 5.32 Å². The number of pyridine rings is 1. The minimum absolute atomic E-state index is 0.308. The molecule has 0 spiro atoms. The normalized spacial score (nSPS) is 12.5. The lowest BCUT2D eigenvalue weighted by Gasteiger charge is -2.12. The van der Waals surface area contributed by atoms with Crippen LogP contribution in [0.15, 0.2) is 35.6 Å². The lowest BCUT2D eigenvalue weighted by Crippen LogP contribution is -2.19. The summed E-state index contributed by atoms with van der Waals surface area (Å²) in [6, 6.07) is 4.31. The molecule has 1 aromatic rings. The molecule has 0 aliphatic carbocycles. The van der Waals surface area contributed by atoms with Crippen LogP contribution in [0.5, 0.6) is 0 Å². The molecule has 0 radical (unpaired) electrons. The number of hydrogen-bond acceptors (Lipinski definition) is 2. The lowest BCUT2D eigenvalue weighted by atomic mass is 10.1. The maximum Gasteiger partial charge on any atom is 0.0315 e. The van der Waals surface area contributed by atoms with Crippen molar-refractivity contribution in [2.45, 2.75) is 13.0 Å². The van der Waals surface area contributed by atoms with Crippen LogP contribution >= 0.6 is 15.9 Å². The Labute approximate surface area is 87.2 Å². The van der Waals surface area contributed by atoms with Crippen molar-refractivity contribution in [1.82, 2.24) is 10.3 Å². The third-order valence-electron chi connectivity index (χ3n) is 1.78. The zero-order valence-electron chi connectivity index (χ0n) is 7.63.